The zero-order chi connectivity index (χ0) is 32.3. The molecule has 0 aliphatic heterocycles. The van der Waals surface area contributed by atoms with Crippen molar-refractivity contribution in [1.82, 2.24) is 4.57 Å². The van der Waals surface area contributed by atoms with Crippen molar-refractivity contribution in [1.29, 1.82) is 0 Å². The Balaban J connectivity index is 1.29. The maximum absolute atomic E-state index is 2.51. The first-order chi connectivity index (χ1) is 24.3. The fourth-order valence-electron chi connectivity index (χ4n) is 7.90. The van der Waals surface area contributed by atoms with E-state index >= 15 is 0 Å². The Morgan fingerprint density at radius 3 is 2.00 bits per heavy atom. The van der Waals surface area contributed by atoms with Crippen LogP contribution in [0.2, 0.25) is 0 Å². The van der Waals surface area contributed by atoms with Crippen LogP contribution in [0.1, 0.15) is 22.6 Å². The number of rotatable bonds is 5. The van der Waals surface area contributed by atoms with Crippen LogP contribution in [0.5, 0.6) is 0 Å². The van der Waals surface area contributed by atoms with E-state index in [1.165, 1.54) is 85.4 Å². The minimum atomic E-state index is 0.0152. The van der Waals surface area contributed by atoms with E-state index < -0.39 is 0 Å². The summed E-state index contributed by atoms with van der Waals surface area (Å²) in [5, 5.41) is 8.05. The second kappa shape index (κ2) is 11.5. The molecule has 0 aliphatic carbocycles. The van der Waals surface area contributed by atoms with E-state index in [1.807, 2.05) is 0 Å². The van der Waals surface area contributed by atoms with E-state index in [1.54, 1.807) is 0 Å². The number of nitrogens with zero attached hydrogens (tertiary/aromatic N) is 1. The number of benzene rings is 8. The molecule has 10 rings (SSSR count). The van der Waals surface area contributed by atoms with Gasteiger partial charge in [0.25, 0.3) is 0 Å². The van der Waals surface area contributed by atoms with E-state index in [9.17, 15) is 0 Å². The molecule has 2 heterocycles. The Morgan fingerprint density at radius 2 is 1.12 bits per heavy atom. The van der Waals surface area contributed by atoms with Gasteiger partial charge < -0.3 is 0 Å². The molecule has 0 amide bonds. The molecule has 2 aromatic heterocycles. The van der Waals surface area contributed by atoms with Crippen LogP contribution >= 0.6 is 0 Å². The van der Waals surface area contributed by atoms with Gasteiger partial charge in [0, 0.05) is 0 Å². The molecule has 1 atom stereocenters. The second-order valence-corrected chi connectivity index (χ2v) is 15.1. The van der Waals surface area contributed by atoms with E-state index in [4.69, 9.17) is 0 Å². The molecule has 230 valence electrons. The number of para-hydroxylation sites is 3. The first kappa shape index (κ1) is 28.4. The Morgan fingerprint density at radius 1 is 0.429 bits per heavy atom. The monoisotopic (exact) mass is 689 g/mol. The van der Waals surface area contributed by atoms with E-state index in [0.29, 0.717) is 0 Å². The molecule has 1 unspecified atom stereocenters. The molecule has 0 fully saturated rings. The summed E-state index contributed by atoms with van der Waals surface area (Å²) in [5.74, 6) is 0.0152. The van der Waals surface area contributed by atoms with Gasteiger partial charge in [0.15, 0.2) is 0 Å². The summed E-state index contributed by atoms with van der Waals surface area (Å²) in [6, 6.07) is 67.4. The van der Waals surface area contributed by atoms with Gasteiger partial charge in [0.05, 0.1) is 0 Å². The van der Waals surface area contributed by atoms with Crippen LogP contribution in [0.4, 0.5) is 0 Å². The van der Waals surface area contributed by atoms with Gasteiger partial charge in [-0.2, -0.15) is 0 Å². The summed E-state index contributed by atoms with van der Waals surface area (Å²) in [7, 11) is 0. The predicted molar refractivity (Wildman–Crippen MR) is 210 cm³/mol. The van der Waals surface area contributed by atoms with Crippen LogP contribution in [0.15, 0.2) is 182 Å². The average molecular weight is 689 g/mol. The molecule has 0 radical (unpaired) electrons. The van der Waals surface area contributed by atoms with Crippen molar-refractivity contribution in [2.45, 2.75) is 5.92 Å². The number of hydrogen-bond donors (Lipinski definition) is 0. The summed E-state index contributed by atoms with van der Waals surface area (Å²) in [6.07, 6.45) is 0. The average Bonchev–Trinajstić information content (AvgIpc) is 3.72. The van der Waals surface area contributed by atoms with Gasteiger partial charge in [0.2, 0.25) is 0 Å². The predicted octanol–water partition coefficient (Wildman–Crippen LogP) is 12.1. The first-order valence-electron chi connectivity index (χ1n) is 16.9. The van der Waals surface area contributed by atoms with Crippen molar-refractivity contribution < 1.29 is 0 Å². The van der Waals surface area contributed by atoms with Crippen molar-refractivity contribution >= 4 is 66.4 Å². The zero-order valence-corrected chi connectivity index (χ0v) is 28.5. The van der Waals surface area contributed by atoms with E-state index in [2.05, 4.69) is 187 Å². The zero-order valence-electron chi connectivity index (χ0n) is 26.8. The molecule has 1 nitrogen and oxygen atoms in total. The summed E-state index contributed by atoms with van der Waals surface area (Å²) in [6.45, 7) is 0. The molecule has 0 N–H and O–H groups in total. The Hall–Kier alpha value is -5.66. The third-order valence-corrected chi connectivity index (χ3v) is 12.7. The molecule has 8 aromatic carbocycles. The van der Waals surface area contributed by atoms with Crippen molar-refractivity contribution in [2.24, 2.45) is 0 Å². The molecule has 0 saturated carbocycles. The summed E-state index contributed by atoms with van der Waals surface area (Å²) < 4.78 is 5.45. The van der Waals surface area contributed by atoms with Crippen molar-refractivity contribution in [3.05, 3.63) is 199 Å². The van der Waals surface area contributed by atoms with E-state index in [-0.39, 0.29) is 20.4 Å². The topological polar surface area (TPSA) is 4.93 Å². The first-order valence-corrected chi connectivity index (χ1v) is 18.6. The second-order valence-electron chi connectivity index (χ2n) is 12.9. The van der Waals surface area contributed by atoms with Crippen LogP contribution < -0.4 is 0 Å². The molecule has 0 saturated heterocycles. The third kappa shape index (κ3) is 4.60. The third-order valence-electron chi connectivity index (χ3n) is 10.1. The van der Waals surface area contributed by atoms with Crippen LogP contribution in [-0.2, 0) is 0 Å². The van der Waals surface area contributed by atoms with Gasteiger partial charge >= 0.3 is 292 Å². The Bertz CT molecular complexity index is 2820. The van der Waals surface area contributed by atoms with Crippen molar-refractivity contribution in [3.8, 4) is 16.8 Å². The van der Waals surface area contributed by atoms with E-state index in [0.717, 1.165) is 0 Å². The molecule has 2 heteroatoms. The number of aromatic nitrogens is 1. The van der Waals surface area contributed by atoms with Crippen LogP contribution in [0, 0.1) is 0 Å². The van der Waals surface area contributed by atoms with Crippen molar-refractivity contribution in [3.63, 3.8) is 0 Å². The Kier molecular flexibility index (Phi) is 6.65. The van der Waals surface area contributed by atoms with Gasteiger partial charge in [-0.05, 0) is 0 Å². The Labute approximate surface area is 291 Å². The van der Waals surface area contributed by atoms with Gasteiger partial charge in [-0.15, -0.1) is 0 Å². The molecular weight excluding hydrogens is 657 g/mol. The minimum absolute atomic E-state index is 0.0152. The normalized spacial score (nSPS) is 12.4. The number of hydrogen-bond acceptors (Lipinski definition) is 0. The van der Waals surface area contributed by atoms with Gasteiger partial charge in [0.1, 0.15) is 0 Å². The molecule has 49 heavy (non-hydrogen) atoms. The maximum atomic E-state index is 2.51. The summed E-state index contributed by atoms with van der Waals surface area (Å²) >= 11 is 0.270. The van der Waals surface area contributed by atoms with Gasteiger partial charge in [-0.25, -0.2) is 0 Å². The summed E-state index contributed by atoms with van der Waals surface area (Å²) in [5.41, 5.74) is 10.1. The molecule has 0 bridgehead atoms. The molecule has 0 spiro atoms. The van der Waals surface area contributed by atoms with Gasteiger partial charge in [-0.3, -0.25) is 0 Å². The van der Waals surface area contributed by atoms with Crippen molar-refractivity contribution in [2.75, 3.05) is 0 Å². The SMILES string of the molecule is c1ccc(-c2cccc(C(c3ccc4[se]c5c6ccccc6ccc5c4c3)c3cccc4c5ccccc5n(-c5ccccc5)c34)c2)cc1. The fraction of sp³-hybridized carbons (Fsp3) is 0.0213. The molecule has 0 aliphatic rings. The summed E-state index contributed by atoms with van der Waals surface area (Å²) in [4.78, 5) is 0. The van der Waals surface area contributed by atoms with Crippen LogP contribution in [0.25, 0.3) is 68.7 Å². The van der Waals surface area contributed by atoms with Gasteiger partial charge in [-0.1, -0.05) is 0 Å². The molecular formula is C47H31NSe. The standard InChI is InChI=1S/C47H31NSe/c1-3-13-31(14-4-1)33-16-11-17-34(29-33)45(35-26-28-44-42(30-35)40-27-25-32-15-7-8-20-37(32)47(40)49-44)41-23-12-22-39-38-21-9-10-24-43(38)48(46(39)41)36-18-5-2-6-19-36/h1-30,45H. The number of fused-ring (bicyclic) bond motifs is 8. The van der Waals surface area contributed by atoms with Crippen LogP contribution in [-0.4, -0.2) is 19.1 Å². The van der Waals surface area contributed by atoms with Crippen LogP contribution in [0.3, 0.4) is 0 Å². The quantitative estimate of drug-likeness (QED) is 0.125. The molecule has 10 aromatic rings. The fourth-order valence-corrected chi connectivity index (χ4v) is 10.5.